The van der Waals surface area contributed by atoms with Gasteiger partial charge in [0, 0.05) is 30.8 Å². The van der Waals surface area contributed by atoms with E-state index in [1.807, 2.05) is 35.2 Å². The van der Waals surface area contributed by atoms with Gasteiger partial charge < -0.3 is 10.1 Å². The Balaban J connectivity index is 1.78. The van der Waals surface area contributed by atoms with Gasteiger partial charge >= 0.3 is 0 Å². The SMILES string of the molecule is CCC(C)CNC(=O)CN1Cc2ccccc2OC(c2ccccc2F)C1. The molecule has 0 aliphatic carbocycles. The molecule has 2 aromatic carbocycles. The summed E-state index contributed by atoms with van der Waals surface area (Å²) in [6.45, 7) is 6.21. The van der Waals surface area contributed by atoms with Crippen LogP contribution in [0.25, 0.3) is 0 Å². The average Bonchev–Trinajstić information content (AvgIpc) is 2.85. The Labute approximate surface area is 160 Å². The van der Waals surface area contributed by atoms with Crippen molar-refractivity contribution >= 4 is 5.91 Å². The van der Waals surface area contributed by atoms with Crippen LogP contribution in [0.15, 0.2) is 48.5 Å². The van der Waals surface area contributed by atoms with Crippen molar-refractivity contribution in [2.24, 2.45) is 5.92 Å². The molecule has 0 radical (unpaired) electrons. The number of nitrogens with one attached hydrogen (secondary N) is 1. The molecule has 2 aromatic rings. The number of benzene rings is 2. The summed E-state index contributed by atoms with van der Waals surface area (Å²) in [7, 11) is 0. The highest BCUT2D eigenvalue weighted by atomic mass is 19.1. The summed E-state index contributed by atoms with van der Waals surface area (Å²) in [4.78, 5) is 14.4. The van der Waals surface area contributed by atoms with E-state index in [1.165, 1.54) is 6.07 Å². The van der Waals surface area contributed by atoms with Crippen LogP contribution < -0.4 is 10.1 Å². The fourth-order valence-electron chi connectivity index (χ4n) is 3.19. The first-order valence-corrected chi connectivity index (χ1v) is 9.54. The minimum Gasteiger partial charge on any atom is -0.484 e. The highest BCUT2D eigenvalue weighted by molar-refractivity contribution is 5.78. The first-order chi connectivity index (χ1) is 13.1. The normalized spacial score (nSPS) is 18.1. The Morgan fingerprint density at radius 1 is 1.26 bits per heavy atom. The Bertz CT molecular complexity index is 780. The third kappa shape index (κ3) is 5.07. The van der Waals surface area contributed by atoms with Crippen LogP contribution in [0.4, 0.5) is 4.39 Å². The molecule has 4 nitrogen and oxygen atoms in total. The van der Waals surface area contributed by atoms with Gasteiger partial charge in [-0.25, -0.2) is 4.39 Å². The van der Waals surface area contributed by atoms with Crippen molar-refractivity contribution in [1.82, 2.24) is 10.2 Å². The lowest BCUT2D eigenvalue weighted by Gasteiger charge is -2.24. The maximum Gasteiger partial charge on any atom is 0.234 e. The van der Waals surface area contributed by atoms with Crippen molar-refractivity contribution in [3.63, 3.8) is 0 Å². The van der Waals surface area contributed by atoms with Crippen LogP contribution in [0, 0.1) is 11.7 Å². The molecule has 0 spiro atoms. The summed E-state index contributed by atoms with van der Waals surface area (Å²) in [5.74, 6) is 0.895. The van der Waals surface area contributed by atoms with E-state index in [2.05, 4.69) is 19.2 Å². The minimum absolute atomic E-state index is 0.0121. The number of ether oxygens (including phenoxy) is 1. The molecular formula is C22H27FN2O2. The standard InChI is InChI=1S/C22H27FN2O2/c1-3-16(2)12-24-22(26)15-25-13-17-8-4-7-11-20(17)27-21(14-25)18-9-5-6-10-19(18)23/h4-11,16,21H,3,12-15H2,1-2H3,(H,24,26). The molecule has 1 heterocycles. The fraction of sp³-hybridized carbons (Fsp3) is 0.409. The first kappa shape index (κ1) is 19.4. The maximum atomic E-state index is 14.3. The Morgan fingerprint density at radius 2 is 2.00 bits per heavy atom. The largest absolute Gasteiger partial charge is 0.484 e. The van der Waals surface area contributed by atoms with E-state index in [0.29, 0.717) is 31.1 Å². The van der Waals surface area contributed by atoms with Crippen molar-refractivity contribution in [3.05, 3.63) is 65.5 Å². The van der Waals surface area contributed by atoms with Crippen LogP contribution in [0.2, 0.25) is 0 Å². The number of rotatable bonds is 6. The number of carbonyl (C=O) groups excluding carboxylic acids is 1. The van der Waals surface area contributed by atoms with E-state index >= 15 is 0 Å². The van der Waals surface area contributed by atoms with Gasteiger partial charge in [-0.05, 0) is 18.1 Å². The molecule has 2 atom stereocenters. The van der Waals surface area contributed by atoms with E-state index < -0.39 is 6.10 Å². The van der Waals surface area contributed by atoms with Gasteiger partial charge in [-0.3, -0.25) is 9.69 Å². The second-order valence-corrected chi connectivity index (χ2v) is 7.22. The monoisotopic (exact) mass is 370 g/mol. The summed E-state index contributed by atoms with van der Waals surface area (Å²) >= 11 is 0. The Kier molecular flexibility index (Phi) is 6.45. The van der Waals surface area contributed by atoms with Gasteiger partial charge in [0.1, 0.15) is 17.7 Å². The Morgan fingerprint density at radius 3 is 2.78 bits per heavy atom. The number of fused-ring (bicyclic) bond motifs is 1. The minimum atomic E-state index is -0.461. The average molecular weight is 370 g/mol. The number of halogens is 1. The number of para-hydroxylation sites is 1. The van der Waals surface area contributed by atoms with Crippen LogP contribution in [0.5, 0.6) is 5.75 Å². The third-order valence-electron chi connectivity index (χ3n) is 5.02. The molecular weight excluding hydrogens is 343 g/mol. The molecule has 5 heteroatoms. The van der Waals surface area contributed by atoms with E-state index in [0.717, 1.165) is 17.7 Å². The fourth-order valence-corrected chi connectivity index (χ4v) is 3.19. The molecule has 0 aromatic heterocycles. The van der Waals surface area contributed by atoms with Crippen molar-refractivity contribution in [3.8, 4) is 5.75 Å². The summed E-state index contributed by atoms with van der Waals surface area (Å²) in [6.07, 6.45) is 0.567. The van der Waals surface area contributed by atoms with Gasteiger partial charge in [-0.15, -0.1) is 0 Å². The van der Waals surface area contributed by atoms with Crippen LogP contribution in [-0.4, -0.2) is 30.4 Å². The van der Waals surface area contributed by atoms with Gasteiger partial charge in [0.25, 0.3) is 0 Å². The van der Waals surface area contributed by atoms with Crippen LogP contribution in [0.1, 0.15) is 37.5 Å². The molecule has 1 aliphatic heterocycles. The van der Waals surface area contributed by atoms with Gasteiger partial charge in [-0.2, -0.15) is 0 Å². The first-order valence-electron chi connectivity index (χ1n) is 9.54. The number of hydrogen-bond acceptors (Lipinski definition) is 3. The lowest BCUT2D eigenvalue weighted by molar-refractivity contribution is -0.122. The molecule has 144 valence electrons. The topological polar surface area (TPSA) is 41.6 Å². The summed E-state index contributed by atoms with van der Waals surface area (Å²) in [5, 5.41) is 3.00. The van der Waals surface area contributed by atoms with E-state index in [4.69, 9.17) is 4.74 Å². The Hall–Kier alpha value is -2.40. The molecule has 3 rings (SSSR count). The van der Waals surface area contributed by atoms with Crippen molar-refractivity contribution in [1.29, 1.82) is 0 Å². The molecule has 27 heavy (non-hydrogen) atoms. The van der Waals surface area contributed by atoms with Gasteiger partial charge in [0.15, 0.2) is 0 Å². The van der Waals surface area contributed by atoms with Gasteiger partial charge in [-0.1, -0.05) is 56.7 Å². The van der Waals surface area contributed by atoms with Crippen LogP contribution in [0.3, 0.4) is 0 Å². The molecule has 0 saturated carbocycles. The molecule has 1 amide bonds. The number of amides is 1. The van der Waals surface area contributed by atoms with E-state index in [-0.39, 0.29) is 18.3 Å². The van der Waals surface area contributed by atoms with Crippen molar-refractivity contribution in [2.45, 2.75) is 32.9 Å². The number of carbonyl (C=O) groups is 1. The molecule has 0 fully saturated rings. The molecule has 1 N–H and O–H groups in total. The zero-order valence-electron chi connectivity index (χ0n) is 16.0. The van der Waals surface area contributed by atoms with Crippen LogP contribution >= 0.6 is 0 Å². The summed E-state index contributed by atoms with van der Waals surface area (Å²) < 4.78 is 20.5. The number of hydrogen-bond donors (Lipinski definition) is 1. The zero-order chi connectivity index (χ0) is 19.2. The molecule has 0 saturated heterocycles. The van der Waals surface area contributed by atoms with Gasteiger partial charge in [0.05, 0.1) is 6.54 Å². The molecule has 0 bridgehead atoms. The lowest BCUT2D eigenvalue weighted by Crippen LogP contribution is -2.40. The van der Waals surface area contributed by atoms with E-state index in [9.17, 15) is 9.18 Å². The zero-order valence-corrected chi connectivity index (χ0v) is 16.0. The quantitative estimate of drug-likeness (QED) is 0.838. The summed E-state index contributed by atoms with van der Waals surface area (Å²) in [6, 6.07) is 14.4. The second-order valence-electron chi connectivity index (χ2n) is 7.22. The van der Waals surface area contributed by atoms with Crippen molar-refractivity contribution in [2.75, 3.05) is 19.6 Å². The predicted octanol–water partition coefficient (Wildman–Crippen LogP) is 3.92. The van der Waals surface area contributed by atoms with Crippen LogP contribution in [-0.2, 0) is 11.3 Å². The van der Waals surface area contributed by atoms with Gasteiger partial charge in [0.2, 0.25) is 5.91 Å². The number of nitrogens with zero attached hydrogens (tertiary/aromatic N) is 1. The lowest BCUT2D eigenvalue weighted by atomic mass is 10.1. The highest BCUT2D eigenvalue weighted by Gasteiger charge is 2.27. The van der Waals surface area contributed by atoms with Crippen molar-refractivity contribution < 1.29 is 13.9 Å². The predicted molar refractivity (Wildman–Crippen MR) is 104 cm³/mol. The maximum absolute atomic E-state index is 14.3. The van der Waals surface area contributed by atoms with E-state index in [1.54, 1.807) is 12.1 Å². The highest BCUT2D eigenvalue weighted by Crippen LogP contribution is 2.31. The molecule has 2 unspecified atom stereocenters. The smallest absolute Gasteiger partial charge is 0.234 e. The molecule has 1 aliphatic rings. The second kappa shape index (κ2) is 9.00. The third-order valence-corrected chi connectivity index (χ3v) is 5.02. The summed E-state index contributed by atoms with van der Waals surface area (Å²) in [5.41, 5.74) is 1.52.